The molecule has 0 amide bonds. The lowest BCUT2D eigenvalue weighted by Crippen LogP contribution is -2.15. The highest BCUT2D eigenvalue weighted by molar-refractivity contribution is 5.74. The highest BCUT2D eigenvalue weighted by Crippen LogP contribution is 2.38. The molecule has 3 atom stereocenters. The van der Waals surface area contributed by atoms with Gasteiger partial charge in [0.05, 0.1) is 11.7 Å². The number of nitrogens with zero attached hydrogens (tertiary/aromatic N) is 4. The maximum Gasteiger partial charge on any atom is 0.179 e. The summed E-state index contributed by atoms with van der Waals surface area (Å²) in [6, 6.07) is 2.29. The maximum absolute atomic E-state index is 6.08. The molecular weight excluding hydrogens is 240 g/mol. The first-order valence-corrected chi connectivity index (χ1v) is 6.66. The Hall–Kier alpha value is -1.95. The Balaban J connectivity index is 1.97. The van der Waals surface area contributed by atoms with Gasteiger partial charge in [0.25, 0.3) is 0 Å². The second kappa shape index (κ2) is 3.77. The third-order valence-corrected chi connectivity index (χ3v) is 4.22. The van der Waals surface area contributed by atoms with Crippen LogP contribution in [0.25, 0.3) is 16.8 Å². The fourth-order valence-corrected chi connectivity index (χ4v) is 3.29. The van der Waals surface area contributed by atoms with Crippen LogP contribution < -0.4 is 5.73 Å². The van der Waals surface area contributed by atoms with Crippen molar-refractivity contribution in [2.24, 2.45) is 11.7 Å². The number of aromatic nitrogens is 5. The van der Waals surface area contributed by atoms with Gasteiger partial charge >= 0.3 is 0 Å². The lowest BCUT2D eigenvalue weighted by atomic mass is 9.97. The van der Waals surface area contributed by atoms with Crippen LogP contribution in [0.1, 0.15) is 31.5 Å². The van der Waals surface area contributed by atoms with E-state index >= 15 is 0 Å². The third-order valence-electron chi connectivity index (χ3n) is 4.22. The number of fused-ring (bicyclic) bond motifs is 3. The molecule has 6 nitrogen and oxygen atoms in total. The summed E-state index contributed by atoms with van der Waals surface area (Å²) >= 11 is 0. The summed E-state index contributed by atoms with van der Waals surface area (Å²) in [5, 5.41) is 8.64. The first-order chi connectivity index (χ1) is 9.24. The van der Waals surface area contributed by atoms with Crippen molar-refractivity contribution in [3.8, 4) is 0 Å². The van der Waals surface area contributed by atoms with Gasteiger partial charge in [0, 0.05) is 18.2 Å². The maximum atomic E-state index is 6.08. The van der Waals surface area contributed by atoms with Gasteiger partial charge in [-0.15, -0.1) is 10.2 Å². The molecule has 98 valence electrons. The standard InChI is InChI=1S/C13H16N6/c1-7-4-8(14)5-9(7)13-18-17-11-6-16-12-10(19(11)13)2-3-15-12/h2-3,6-9,15H,4-5,14H2,1H3/t7-,8+,9+/m1/s1. The summed E-state index contributed by atoms with van der Waals surface area (Å²) in [6.07, 6.45) is 5.69. The van der Waals surface area contributed by atoms with E-state index in [1.165, 1.54) is 0 Å². The fourth-order valence-electron chi connectivity index (χ4n) is 3.29. The minimum Gasteiger partial charge on any atom is -0.345 e. The van der Waals surface area contributed by atoms with E-state index in [1.54, 1.807) is 6.20 Å². The molecule has 0 radical (unpaired) electrons. The summed E-state index contributed by atoms with van der Waals surface area (Å²) in [5.41, 5.74) is 8.78. The van der Waals surface area contributed by atoms with Crippen LogP contribution >= 0.6 is 0 Å². The average Bonchev–Trinajstić information content (AvgIpc) is 3.05. The van der Waals surface area contributed by atoms with E-state index in [0.29, 0.717) is 11.8 Å². The van der Waals surface area contributed by atoms with Gasteiger partial charge in [-0.25, -0.2) is 4.98 Å². The molecule has 0 unspecified atom stereocenters. The number of hydrogen-bond donors (Lipinski definition) is 2. The Labute approximate surface area is 110 Å². The molecule has 1 fully saturated rings. The summed E-state index contributed by atoms with van der Waals surface area (Å²) in [7, 11) is 0. The van der Waals surface area contributed by atoms with Gasteiger partial charge in [-0.3, -0.25) is 4.40 Å². The molecular formula is C13H16N6. The van der Waals surface area contributed by atoms with E-state index in [-0.39, 0.29) is 6.04 Å². The number of rotatable bonds is 1. The normalized spacial score (nSPS) is 27.6. The minimum absolute atomic E-state index is 0.274. The van der Waals surface area contributed by atoms with Gasteiger partial charge in [0.1, 0.15) is 5.82 Å². The van der Waals surface area contributed by atoms with Crippen molar-refractivity contribution < 1.29 is 0 Å². The van der Waals surface area contributed by atoms with Crippen LogP contribution in [0, 0.1) is 5.92 Å². The van der Waals surface area contributed by atoms with Crippen LogP contribution in [0.2, 0.25) is 0 Å². The Morgan fingerprint density at radius 1 is 1.37 bits per heavy atom. The van der Waals surface area contributed by atoms with E-state index in [1.807, 2.05) is 12.3 Å². The van der Waals surface area contributed by atoms with Crippen molar-refractivity contribution in [3.05, 3.63) is 24.3 Å². The molecule has 3 heterocycles. The number of nitrogens with two attached hydrogens (primary N) is 1. The van der Waals surface area contributed by atoms with Gasteiger partial charge in [0.15, 0.2) is 11.3 Å². The molecule has 0 saturated heterocycles. The van der Waals surface area contributed by atoms with Crippen molar-refractivity contribution in [1.29, 1.82) is 0 Å². The van der Waals surface area contributed by atoms with Gasteiger partial charge in [-0.2, -0.15) is 0 Å². The molecule has 1 aliphatic rings. The van der Waals surface area contributed by atoms with E-state index in [4.69, 9.17) is 5.73 Å². The summed E-state index contributed by atoms with van der Waals surface area (Å²) in [5.74, 6) is 1.94. The smallest absolute Gasteiger partial charge is 0.179 e. The van der Waals surface area contributed by atoms with Gasteiger partial charge < -0.3 is 10.7 Å². The number of H-pyrrole nitrogens is 1. The molecule has 0 spiro atoms. The van der Waals surface area contributed by atoms with Crippen LogP contribution in [0.4, 0.5) is 0 Å². The molecule has 6 heteroatoms. The molecule has 0 aliphatic heterocycles. The van der Waals surface area contributed by atoms with Crippen molar-refractivity contribution in [1.82, 2.24) is 24.6 Å². The predicted molar refractivity (Wildman–Crippen MR) is 71.8 cm³/mol. The zero-order valence-electron chi connectivity index (χ0n) is 10.7. The number of aromatic amines is 1. The van der Waals surface area contributed by atoms with Crippen LogP contribution in [-0.2, 0) is 0 Å². The van der Waals surface area contributed by atoms with Crippen LogP contribution in [0.3, 0.4) is 0 Å². The quantitative estimate of drug-likeness (QED) is 0.690. The lowest BCUT2D eigenvalue weighted by molar-refractivity contribution is 0.507. The van der Waals surface area contributed by atoms with E-state index < -0.39 is 0 Å². The van der Waals surface area contributed by atoms with Crippen molar-refractivity contribution in [3.63, 3.8) is 0 Å². The first-order valence-electron chi connectivity index (χ1n) is 6.66. The van der Waals surface area contributed by atoms with Gasteiger partial charge in [-0.05, 0) is 24.8 Å². The minimum atomic E-state index is 0.274. The predicted octanol–water partition coefficient (Wildman–Crippen LogP) is 1.45. The molecule has 1 aliphatic carbocycles. The lowest BCUT2D eigenvalue weighted by Gasteiger charge is -2.13. The molecule has 3 N–H and O–H groups in total. The van der Waals surface area contributed by atoms with E-state index in [9.17, 15) is 0 Å². The van der Waals surface area contributed by atoms with Crippen LogP contribution in [0.15, 0.2) is 18.5 Å². The Bertz CT molecular complexity index is 742. The van der Waals surface area contributed by atoms with Crippen molar-refractivity contribution in [2.45, 2.75) is 31.7 Å². The van der Waals surface area contributed by atoms with Gasteiger partial charge in [-0.1, -0.05) is 6.92 Å². The number of hydrogen-bond acceptors (Lipinski definition) is 4. The van der Waals surface area contributed by atoms with Crippen molar-refractivity contribution in [2.75, 3.05) is 0 Å². The third kappa shape index (κ3) is 1.49. The monoisotopic (exact) mass is 256 g/mol. The van der Waals surface area contributed by atoms with Crippen molar-refractivity contribution >= 4 is 16.8 Å². The van der Waals surface area contributed by atoms with Gasteiger partial charge in [0.2, 0.25) is 0 Å². The summed E-state index contributed by atoms with van der Waals surface area (Å²) < 4.78 is 2.11. The average molecular weight is 256 g/mol. The molecule has 1 saturated carbocycles. The summed E-state index contributed by atoms with van der Waals surface area (Å²) in [6.45, 7) is 2.24. The second-order valence-corrected chi connectivity index (χ2v) is 5.54. The molecule has 3 aromatic heterocycles. The molecule has 0 bridgehead atoms. The number of nitrogens with one attached hydrogen (secondary N) is 1. The Morgan fingerprint density at radius 2 is 2.26 bits per heavy atom. The summed E-state index contributed by atoms with van der Waals surface area (Å²) in [4.78, 5) is 7.47. The highest BCUT2D eigenvalue weighted by atomic mass is 15.3. The Morgan fingerprint density at radius 3 is 3.05 bits per heavy atom. The topological polar surface area (TPSA) is 84.9 Å². The van der Waals surface area contributed by atoms with E-state index in [0.717, 1.165) is 35.5 Å². The largest absolute Gasteiger partial charge is 0.345 e. The first kappa shape index (κ1) is 10.9. The van der Waals surface area contributed by atoms with E-state index in [2.05, 4.69) is 31.5 Å². The second-order valence-electron chi connectivity index (χ2n) is 5.54. The molecule has 3 aromatic rings. The zero-order valence-corrected chi connectivity index (χ0v) is 10.7. The fraction of sp³-hybridized carbons (Fsp3) is 0.462. The Kier molecular flexibility index (Phi) is 2.17. The highest BCUT2D eigenvalue weighted by Gasteiger charge is 2.33. The molecule has 0 aromatic carbocycles. The molecule has 4 rings (SSSR count). The molecule has 19 heavy (non-hydrogen) atoms. The van der Waals surface area contributed by atoms with Crippen LogP contribution in [-0.4, -0.2) is 30.6 Å². The van der Waals surface area contributed by atoms with Crippen LogP contribution in [0.5, 0.6) is 0 Å². The zero-order chi connectivity index (χ0) is 13.0. The SMILES string of the molecule is C[C@@H]1C[C@H](N)C[C@@H]1c1nnc2cnc3[nH]ccc3n12.